The second-order valence-electron chi connectivity index (χ2n) is 5.09. The largest absolute Gasteiger partial charge is 0.368 e. The van der Waals surface area contributed by atoms with Gasteiger partial charge in [0.2, 0.25) is 5.91 Å². The molecule has 0 heterocycles. The minimum Gasteiger partial charge on any atom is -0.368 e. The molecule has 0 saturated carbocycles. The van der Waals surface area contributed by atoms with Gasteiger partial charge in [-0.3, -0.25) is 13.8 Å². The molecular weight excluding hydrogens is 392 g/mol. The number of primary amides is 1. The van der Waals surface area contributed by atoms with Crippen molar-refractivity contribution >= 4 is 38.5 Å². The summed E-state index contributed by atoms with van der Waals surface area (Å²) in [5.74, 6) is -0.815. The minimum atomic E-state index is -1.25. The van der Waals surface area contributed by atoms with Crippen LogP contribution >= 0.6 is 15.9 Å². The van der Waals surface area contributed by atoms with Crippen molar-refractivity contribution in [3.8, 4) is 0 Å². The number of nitrogens with one attached hydrogen (secondary N) is 1. The molecule has 0 bridgehead atoms. The standard InChI is InChI=1S/C17H17BrN2O3S/c18-13-6-4-5-12(11-13)17(22)20-15(16(19)21)9-10-24(23)14-7-2-1-3-8-14/h1-8,11,15H,9-10H2,(H2,19,21)(H,20,22)/t15-,24-/m1/s1. The van der Waals surface area contributed by atoms with Crippen LogP contribution in [0.25, 0.3) is 0 Å². The van der Waals surface area contributed by atoms with E-state index in [1.807, 2.05) is 6.07 Å². The van der Waals surface area contributed by atoms with Gasteiger partial charge in [0.05, 0.1) is 10.8 Å². The summed E-state index contributed by atoms with van der Waals surface area (Å²) >= 11 is 3.29. The molecule has 2 aromatic carbocycles. The average Bonchev–Trinajstić information content (AvgIpc) is 2.58. The van der Waals surface area contributed by atoms with Crippen molar-refractivity contribution in [3.63, 3.8) is 0 Å². The van der Waals surface area contributed by atoms with Gasteiger partial charge in [-0.15, -0.1) is 0 Å². The summed E-state index contributed by atoms with van der Waals surface area (Å²) in [4.78, 5) is 24.5. The van der Waals surface area contributed by atoms with Gasteiger partial charge in [-0.2, -0.15) is 0 Å². The Labute approximate surface area is 151 Å². The number of hydrogen-bond donors (Lipinski definition) is 2. The molecule has 2 atom stereocenters. The lowest BCUT2D eigenvalue weighted by atomic mass is 10.1. The summed E-state index contributed by atoms with van der Waals surface area (Å²) in [6, 6.07) is 14.9. The third kappa shape index (κ3) is 5.28. The van der Waals surface area contributed by atoms with Gasteiger partial charge in [0, 0.05) is 20.7 Å². The number of carbonyl (C=O) groups is 2. The molecule has 2 amide bonds. The predicted molar refractivity (Wildman–Crippen MR) is 96.9 cm³/mol. The van der Waals surface area contributed by atoms with E-state index in [1.54, 1.807) is 48.5 Å². The summed E-state index contributed by atoms with van der Waals surface area (Å²) in [6.45, 7) is 0. The van der Waals surface area contributed by atoms with Gasteiger partial charge in [0.25, 0.3) is 5.91 Å². The molecule has 0 saturated heterocycles. The van der Waals surface area contributed by atoms with E-state index in [9.17, 15) is 13.8 Å². The van der Waals surface area contributed by atoms with Gasteiger partial charge in [0.1, 0.15) is 6.04 Å². The molecule has 0 unspecified atom stereocenters. The molecule has 3 N–H and O–H groups in total. The van der Waals surface area contributed by atoms with Crippen LogP contribution < -0.4 is 11.1 Å². The number of hydrogen-bond acceptors (Lipinski definition) is 3. The highest BCUT2D eigenvalue weighted by Crippen LogP contribution is 2.12. The maximum Gasteiger partial charge on any atom is 0.251 e. The lowest BCUT2D eigenvalue weighted by Crippen LogP contribution is -2.45. The number of benzene rings is 2. The van der Waals surface area contributed by atoms with Gasteiger partial charge >= 0.3 is 0 Å². The number of nitrogens with two attached hydrogens (primary N) is 1. The highest BCUT2D eigenvalue weighted by atomic mass is 79.9. The first-order valence-corrected chi connectivity index (χ1v) is 9.37. The third-order valence-electron chi connectivity index (χ3n) is 3.33. The van der Waals surface area contributed by atoms with Crippen LogP contribution in [0.4, 0.5) is 0 Å². The molecule has 2 rings (SSSR count). The monoisotopic (exact) mass is 408 g/mol. The Kier molecular flexibility index (Phi) is 6.69. The SMILES string of the molecule is NC(=O)[C@@H](CC[S@@](=O)c1ccccc1)NC(=O)c1cccc(Br)c1. The molecule has 0 aliphatic carbocycles. The molecule has 126 valence electrons. The zero-order valence-corrected chi connectivity index (χ0v) is 15.2. The van der Waals surface area contributed by atoms with Gasteiger partial charge in [0.15, 0.2) is 0 Å². The quantitative estimate of drug-likeness (QED) is 0.735. The van der Waals surface area contributed by atoms with Crippen molar-refractivity contribution in [2.75, 3.05) is 5.75 Å². The normalized spacial score (nSPS) is 13.0. The fourth-order valence-corrected chi connectivity index (χ4v) is 3.62. The lowest BCUT2D eigenvalue weighted by Gasteiger charge is -2.15. The molecule has 0 aliphatic heterocycles. The Bertz CT molecular complexity index is 753. The maximum absolute atomic E-state index is 12.2. The smallest absolute Gasteiger partial charge is 0.251 e. The molecule has 0 spiro atoms. The Morgan fingerprint density at radius 1 is 1.12 bits per heavy atom. The Balaban J connectivity index is 1.98. The van der Waals surface area contributed by atoms with Crippen molar-refractivity contribution in [1.82, 2.24) is 5.32 Å². The van der Waals surface area contributed by atoms with Crippen molar-refractivity contribution < 1.29 is 13.8 Å². The van der Waals surface area contributed by atoms with E-state index in [1.165, 1.54) is 0 Å². The lowest BCUT2D eigenvalue weighted by molar-refractivity contribution is -0.119. The third-order valence-corrected chi connectivity index (χ3v) is 5.23. The Morgan fingerprint density at radius 3 is 2.46 bits per heavy atom. The van der Waals surface area contributed by atoms with Crippen LogP contribution in [0.1, 0.15) is 16.8 Å². The fraction of sp³-hybridized carbons (Fsp3) is 0.176. The van der Waals surface area contributed by atoms with Crippen molar-refractivity contribution in [2.24, 2.45) is 5.73 Å². The summed E-state index contributed by atoms with van der Waals surface area (Å²) in [5, 5.41) is 2.60. The second-order valence-corrected chi connectivity index (χ2v) is 7.58. The first-order valence-electron chi connectivity index (χ1n) is 7.26. The average molecular weight is 409 g/mol. The second kappa shape index (κ2) is 8.75. The van der Waals surface area contributed by atoms with Crippen LogP contribution in [0, 0.1) is 0 Å². The first kappa shape index (κ1) is 18.4. The zero-order chi connectivity index (χ0) is 17.5. The molecule has 7 heteroatoms. The summed E-state index contributed by atoms with van der Waals surface area (Å²) in [6.07, 6.45) is 0.205. The zero-order valence-electron chi connectivity index (χ0n) is 12.8. The van der Waals surface area contributed by atoms with E-state index in [0.717, 1.165) is 4.47 Å². The maximum atomic E-state index is 12.2. The first-order chi connectivity index (χ1) is 11.5. The number of amides is 2. The molecule has 24 heavy (non-hydrogen) atoms. The van der Waals surface area contributed by atoms with Gasteiger partial charge in [-0.05, 0) is 36.8 Å². The Hall–Kier alpha value is -1.99. The number of rotatable bonds is 7. The van der Waals surface area contributed by atoms with E-state index in [2.05, 4.69) is 21.2 Å². The van der Waals surface area contributed by atoms with E-state index in [-0.39, 0.29) is 12.2 Å². The van der Waals surface area contributed by atoms with E-state index < -0.39 is 28.7 Å². The highest BCUT2D eigenvalue weighted by Gasteiger charge is 2.20. The van der Waals surface area contributed by atoms with Crippen LogP contribution in [0.2, 0.25) is 0 Å². The Morgan fingerprint density at radius 2 is 1.83 bits per heavy atom. The summed E-state index contributed by atoms with van der Waals surface area (Å²) in [5.41, 5.74) is 5.77. The van der Waals surface area contributed by atoms with E-state index >= 15 is 0 Å². The van der Waals surface area contributed by atoms with Crippen molar-refractivity contribution in [2.45, 2.75) is 17.4 Å². The minimum absolute atomic E-state index is 0.205. The van der Waals surface area contributed by atoms with Gasteiger partial charge in [-0.1, -0.05) is 40.2 Å². The van der Waals surface area contributed by atoms with Crippen LogP contribution in [-0.2, 0) is 15.6 Å². The van der Waals surface area contributed by atoms with E-state index in [0.29, 0.717) is 10.5 Å². The van der Waals surface area contributed by atoms with Crippen LogP contribution in [0.3, 0.4) is 0 Å². The predicted octanol–water partition coefficient (Wildman–Crippen LogP) is 2.23. The number of carbonyl (C=O) groups excluding carboxylic acids is 2. The summed E-state index contributed by atoms with van der Waals surface area (Å²) in [7, 11) is -1.25. The number of halogens is 1. The summed E-state index contributed by atoms with van der Waals surface area (Å²) < 4.78 is 13.0. The van der Waals surface area contributed by atoms with Crippen LogP contribution in [-0.4, -0.2) is 27.8 Å². The molecule has 5 nitrogen and oxygen atoms in total. The molecule has 0 aliphatic rings. The highest BCUT2D eigenvalue weighted by molar-refractivity contribution is 9.10. The molecule has 0 radical (unpaired) electrons. The molecule has 2 aromatic rings. The molecule has 0 aromatic heterocycles. The van der Waals surface area contributed by atoms with Crippen molar-refractivity contribution in [1.29, 1.82) is 0 Å². The van der Waals surface area contributed by atoms with E-state index in [4.69, 9.17) is 5.73 Å². The fourth-order valence-electron chi connectivity index (χ4n) is 2.07. The topological polar surface area (TPSA) is 89.3 Å². The molecular formula is C17H17BrN2O3S. The van der Waals surface area contributed by atoms with Crippen LogP contribution in [0.15, 0.2) is 64.0 Å². The van der Waals surface area contributed by atoms with Crippen LogP contribution in [0.5, 0.6) is 0 Å². The van der Waals surface area contributed by atoms with Gasteiger partial charge in [-0.25, -0.2) is 0 Å². The van der Waals surface area contributed by atoms with Gasteiger partial charge < -0.3 is 11.1 Å². The van der Waals surface area contributed by atoms with Crippen molar-refractivity contribution in [3.05, 3.63) is 64.6 Å². The molecule has 0 fully saturated rings.